The van der Waals surface area contributed by atoms with Crippen LogP contribution < -0.4 is 5.32 Å². The van der Waals surface area contributed by atoms with Gasteiger partial charge in [-0.1, -0.05) is 20.3 Å². The average molecular weight is 242 g/mol. The van der Waals surface area contributed by atoms with Gasteiger partial charge in [0.05, 0.1) is 0 Å². The summed E-state index contributed by atoms with van der Waals surface area (Å²) in [6, 6.07) is -0.0551. The predicted molar refractivity (Wildman–Crippen MR) is 64.8 cm³/mol. The zero-order valence-corrected chi connectivity index (χ0v) is 10.8. The number of urea groups is 1. The van der Waals surface area contributed by atoms with Gasteiger partial charge in [0.2, 0.25) is 0 Å². The third-order valence-electron chi connectivity index (χ3n) is 3.45. The molecule has 0 bridgehead atoms. The second-order valence-corrected chi connectivity index (χ2v) is 4.74. The Kier molecular flexibility index (Phi) is 4.78. The van der Waals surface area contributed by atoms with Crippen molar-refractivity contribution >= 4 is 12.0 Å². The van der Waals surface area contributed by atoms with Gasteiger partial charge in [0.1, 0.15) is 6.54 Å². The van der Waals surface area contributed by atoms with Crippen molar-refractivity contribution in [2.24, 2.45) is 5.92 Å². The molecular weight excluding hydrogens is 220 g/mol. The summed E-state index contributed by atoms with van der Waals surface area (Å²) in [4.78, 5) is 24.1. The summed E-state index contributed by atoms with van der Waals surface area (Å²) in [6.07, 6.45) is 2.83. The van der Waals surface area contributed by atoms with Crippen molar-refractivity contribution < 1.29 is 14.7 Å². The molecule has 2 N–H and O–H groups in total. The van der Waals surface area contributed by atoms with Crippen LogP contribution in [0.4, 0.5) is 4.79 Å². The van der Waals surface area contributed by atoms with Crippen molar-refractivity contribution in [3.8, 4) is 0 Å². The van der Waals surface area contributed by atoms with E-state index in [9.17, 15) is 9.59 Å². The standard InChI is InChI=1S/C12H22N2O3/c1-4-8(3)14(7-11(15)16)12(17)13-10-6-9(10)5-2/h8-10H,4-7H2,1-3H3,(H,13,17)(H,15,16). The maximum atomic E-state index is 11.9. The van der Waals surface area contributed by atoms with Gasteiger partial charge in [-0.25, -0.2) is 4.79 Å². The molecule has 1 saturated carbocycles. The molecule has 1 rings (SSSR count). The first-order chi connectivity index (χ1) is 7.99. The number of carboxylic acids is 1. The van der Waals surface area contributed by atoms with Gasteiger partial charge < -0.3 is 15.3 Å². The molecule has 0 radical (unpaired) electrons. The van der Waals surface area contributed by atoms with Gasteiger partial charge >= 0.3 is 12.0 Å². The van der Waals surface area contributed by atoms with Crippen LogP contribution in [0.2, 0.25) is 0 Å². The molecule has 17 heavy (non-hydrogen) atoms. The molecule has 0 aromatic carbocycles. The third kappa shape index (κ3) is 3.91. The van der Waals surface area contributed by atoms with Crippen molar-refractivity contribution in [3.63, 3.8) is 0 Å². The van der Waals surface area contributed by atoms with Crippen LogP contribution >= 0.6 is 0 Å². The molecule has 5 heteroatoms. The van der Waals surface area contributed by atoms with E-state index in [1.54, 1.807) is 0 Å². The SMILES string of the molecule is CCC1CC1NC(=O)N(CC(=O)O)C(C)CC. The minimum absolute atomic E-state index is 0.0510. The lowest BCUT2D eigenvalue weighted by Crippen LogP contribution is -2.48. The molecule has 0 saturated heterocycles. The summed E-state index contributed by atoms with van der Waals surface area (Å²) in [7, 11) is 0. The van der Waals surface area contributed by atoms with Crippen LogP contribution in [-0.2, 0) is 4.79 Å². The van der Waals surface area contributed by atoms with E-state index in [1.165, 1.54) is 4.90 Å². The molecular formula is C12H22N2O3. The van der Waals surface area contributed by atoms with Gasteiger partial charge in [0.25, 0.3) is 0 Å². The fraction of sp³-hybridized carbons (Fsp3) is 0.833. The zero-order valence-electron chi connectivity index (χ0n) is 10.8. The first-order valence-corrected chi connectivity index (χ1v) is 6.28. The zero-order chi connectivity index (χ0) is 13.0. The highest BCUT2D eigenvalue weighted by Gasteiger charge is 2.38. The fourth-order valence-electron chi connectivity index (χ4n) is 1.91. The van der Waals surface area contributed by atoms with E-state index >= 15 is 0 Å². The van der Waals surface area contributed by atoms with E-state index in [4.69, 9.17) is 5.11 Å². The molecule has 3 atom stereocenters. The summed E-state index contributed by atoms with van der Waals surface area (Å²) < 4.78 is 0. The number of amides is 2. The minimum atomic E-state index is -0.969. The predicted octanol–water partition coefficient (Wildman–Crippen LogP) is 1.68. The van der Waals surface area contributed by atoms with Crippen molar-refractivity contribution in [1.82, 2.24) is 10.2 Å². The molecule has 0 spiro atoms. The van der Waals surface area contributed by atoms with Crippen LogP contribution in [0, 0.1) is 5.92 Å². The van der Waals surface area contributed by atoms with Crippen LogP contribution in [0.25, 0.3) is 0 Å². The molecule has 1 fully saturated rings. The Morgan fingerprint density at radius 2 is 2.12 bits per heavy atom. The topological polar surface area (TPSA) is 69.6 Å². The van der Waals surface area contributed by atoms with Crippen molar-refractivity contribution in [2.45, 2.75) is 52.1 Å². The smallest absolute Gasteiger partial charge is 0.323 e. The highest BCUT2D eigenvalue weighted by atomic mass is 16.4. The van der Waals surface area contributed by atoms with Gasteiger partial charge in [-0.05, 0) is 25.7 Å². The average Bonchev–Trinajstić information content (AvgIpc) is 3.02. The number of aliphatic carboxylic acids is 1. The van der Waals surface area contributed by atoms with Gasteiger partial charge in [-0.2, -0.15) is 0 Å². The van der Waals surface area contributed by atoms with Crippen molar-refractivity contribution in [2.75, 3.05) is 6.54 Å². The first kappa shape index (κ1) is 13.8. The lowest BCUT2D eigenvalue weighted by molar-refractivity contribution is -0.138. The Morgan fingerprint density at radius 1 is 1.47 bits per heavy atom. The number of carboxylic acid groups (broad SMARTS) is 1. The van der Waals surface area contributed by atoms with Crippen LogP contribution in [0.3, 0.4) is 0 Å². The Morgan fingerprint density at radius 3 is 2.53 bits per heavy atom. The largest absolute Gasteiger partial charge is 0.480 e. The Balaban J connectivity index is 2.50. The number of carbonyl (C=O) groups is 2. The van der Waals surface area contributed by atoms with Crippen molar-refractivity contribution in [1.29, 1.82) is 0 Å². The van der Waals surface area contributed by atoms with Crippen LogP contribution in [0.5, 0.6) is 0 Å². The number of rotatable bonds is 6. The minimum Gasteiger partial charge on any atom is -0.480 e. The molecule has 3 unspecified atom stereocenters. The molecule has 98 valence electrons. The highest BCUT2D eigenvalue weighted by Crippen LogP contribution is 2.33. The fourth-order valence-corrected chi connectivity index (χ4v) is 1.91. The summed E-state index contributed by atoms with van der Waals surface area (Å²) >= 11 is 0. The second kappa shape index (κ2) is 5.89. The maximum Gasteiger partial charge on any atom is 0.323 e. The quantitative estimate of drug-likeness (QED) is 0.744. The maximum absolute atomic E-state index is 11.9. The molecule has 0 aliphatic heterocycles. The molecule has 0 aromatic rings. The third-order valence-corrected chi connectivity index (χ3v) is 3.45. The van der Waals surface area contributed by atoms with Crippen LogP contribution in [-0.4, -0.2) is 40.6 Å². The summed E-state index contributed by atoms with van der Waals surface area (Å²) in [5, 5.41) is 11.7. The van der Waals surface area contributed by atoms with E-state index in [0.717, 1.165) is 19.3 Å². The van der Waals surface area contributed by atoms with Crippen LogP contribution in [0.1, 0.15) is 40.0 Å². The van der Waals surface area contributed by atoms with E-state index < -0.39 is 5.97 Å². The van der Waals surface area contributed by atoms with E-state index in [2.05, 4.69) is 12.2 Å². The summed E-state index contributed by atoms with van der Waals surface area (Å²) in [5.41, 5.74) is 0. The monoisotopic (exact) mass is 242 g/mol. The summed E-state index contributed by atoms with van der Waals surface area (Å²) in [6.45, 7) is 5.68. The molecule has 1 aliphatic rings. The number of nitrogens with one attached hydrogen (secondary N) is 1. The van der Waals surface area contributed by atoms with Crippen LogP contribution in [0.15, 0.2) is 0 Å². The number of hydrogen-bond acceptors (Lipinski definition) is 2. The van der Waals surface area contributed by atoms with Gasteiger partial charge in [0, 0.05) is 12.1 Å². The lowest BCUT2D eigenvalue weighted by Gasteiger charge is -2.27. The first-order valence-electron chi connectivity index (χ1n) is 6.28. The number of hydrogen-bond donors (Lipinski definition) is 2. The van der Waals surface area contributed by atoms with E-state index in [0.29, 0.717) is 5.92 Å². The second-order valence-electron chi connectivity index (χ2n) is 4.74. The lowest BCUT2D eigenvalue weighted by atomic mass is 10.2. The molecule has 1 aliphatic carbocycles. The Hall–Kier alpha value is -1.26. The Labute approximate surface area is 102 Å². The number of nitrogens with zero attached hydrogens (tertiary/aromatic N) is 1. The van der Waals surface area contributed by atoms with Gasteiger partial charge in [-0.3, -0.25) is 4.79 Å². The van der Waals surface area contributed by atoms with Crippen molar-refractivity contribution in [3.05, 3.63) is 0 Å². The molecule has 0 aromatic heterocycles. The molecule has 2 amide bonds. The summed E-state index contributed by atoms with van der Waals surface area (Å²) in [5.74, 6) is -0.397. The van der Waals surface area contributed by atoms with E-state index in [-0.39, 0.29) is 24.7 Å². The Bertz CT molecular complexity index is 293. The highest BCUT2D eigenvalue weighted by molar-refractivity contribution is 5.80. The number of carbonyl (C=O) groups excluding carboxylic acids is 1. The van der Waals surface area contributed by atoms with Gasteiger partial charge in [-0.15, -0.1) is 0 Å². The molecule has 5 nitrogen and oxygen atoms in total. The normalized spacial score (nSPS) is 23.9. The van der Waals surface area contributed by atoms with Gasteiger partial charge in [0.15, 0.2) is 0 Å². The molecule has 0 heterocycles. The van der Waals surface area contributed by atoms with E-state index in [1.807, 2.05) is 13.8 Å².